The van der Waals surface area contributed by atoms with Gasteiger partial charge in [-0.2, -0.15) is 10.4 Å². The smallest absolute Gasteiger partial charge is 0.220 e. The molecule has 0 aliphatic heterocycles. The zero-order valence-electron chi connectivity index (χ0n) is 6.62. The third-order valence-electron chi connectivity index (χ3n) is 1.46. The molecular formula is C8H5N5. The van der Waals surface area contributed by atoms with Crippen LogP contribution < -0.4 is 0 Å². The fourth-order valence-corrected chi connectivity index (χ4v) is 0.904. The van der Waals surface area contributed by atoms with Crippen LogP contribution in [0.5, 0.6) is 0 Å². The maximum Gasteiger partial charge on any atom is 0.250 e. The van der Waals surface area contributed by atoms with Crippen molar-refractivity contribution in [2.24, 2.45) is 0 Å². The van der Waals surface area contributed by atoms with Gasteiger partial charge in [-0.3, -0.25) is 0 Å². The van der Waals surface area contributed by atoms with E-state index in [4.69, 9.17) is 5.26 Å². The van der Waals surface area contributed by atoms with Gasteiger partial charge in [-0.1, -0.05) is 0 Å². The minimum atomic E-state index is 0.354. The Morgan fingerprint density at radius 1 is 1.31 bits per heavy atom. The van der Waals surface area contributed by atoms with E-state index in [0.29, 0.717) is 11.6 Å². The maximum atomic E-state index is 8.53. The second-order valence-electron chi connectivity index (χ2n) is 2.31. The molecule has 0 aliphatic carbocycles. The van der Waals surface area contributed by atoms with E-state index in [1.807, 2.05) is 6.07 Å². The van der Waals surface area contributed by atoms with Gasteiger partial charge >= 0.3 is 0 Å². The maximum absolute atomic E-state index is 8.53. The highest BCUT2D eigenvalue weighted by Crippen LogP contribution is 1.98. The summed E-state index contributed by atoms with van der Waals surface area (Å²) in [5.41, 5.74) is 0.354. The van der Waals surface area contributed by atoms with E-state index < -0.39 is 0 Å². The highest BCUT2D eigenvalue weighted by molar-refractivity contribution is 5.20. The first-order chi connectivity index (χ1) is 6.40. The van der Waals surface area contributed by atoms with Crippen molar-refractivity contribution in [3.05, 3.63) is 36.4 Å². The van der Waals surface area contributed by atoms with E-state index in [2.05, 4.69) is 15.1 Å². The Kier molecular flexibility index (Phi) is 1.73. The van der Waals surface area contributed by atoms with Gasteiger partial charge in [0.15, 0.2) is 5.69 Å². The number of hydrogen-bond acceptors (Lipinski definition) is 4. The molecule has 2 aromatic rings. The number of hydrogen-bond donors (Lipinski definition) is 0. The standard InChI is InChI=1S/C8H5N5/c9-6-7-2-5-13(12-7)8-10-3-1-4-11-8/h1-5H. The van der Waals surface area contributed by atoms with Crippen LogP contribution >= 0.6 is 0 Å². The molecular weight excluding hydrogens is 166 g/mol. The van der Waals surface area contributed by atoms with Crippen LogP contribution in [0, 0.1) is 11.3 Å². The van der Waals surface area contributed by atoms with Crippen LogP contribution in [0.4, 0.5) is 0 Å². The molecule has 0 N–H and O–H groups in total. The molecule has 0 saturated heterocycles. The molecule has 5 nitrogen and oxygen atoms in total. The lowest BCUT2D eigenvalue weighted by atomic mass is 10.5. The lowest BCUT2D eigenvalue weighted by Gasteiger charge is -1.95. The Hall–Kier alpha value is -2.22. The summed E-state index contributed by atoms with van der Waals surface area (Å²) < 4.78 is 1.46. The van der Waals surface area contributed by atoms with Crippen molar-refractivity contribution in [3.63, 3.8) is 0 Å². The Balaban J connectivity index is 2.43. The monoisotopic (exact) mass is 171 g/mol. The average molecular weight is 171 g/mol. The van der Waals surface area contributed by atoms with Crippen molar-refractivity contribution < 1.29 is 0 Å². The van der Waals surface area contributed by atoms with Crippen LogP contribution in [0.1, 0.15) is 5.69 Å². The minimum absolute atomic E-state index is 0.354. The summed E-state index contributed by atoms with van der Waals surface area (Å²) in [7, 11) is 0. The highest BCUT2D eigenvalue weighted by Gasteiger charge is 2.00. The van der Waals surface area contributed by atoms with Crippen molar-refractivity contribution in [1.29, 1.82) is 5.26 Å². The number of rotatable bonds is 1. The molecule has 2 aromatic heterocycles. The molecule has 0 saturated carbocycles. The molecule has 2 rings (SSSR count). The van der Waals surface area contributed by atoms with Gasteiger partial charge in [0.2, 0.25) is 5.95 Å². The van der Waals surface area contributed by atoms with E-state index in [1.165, 1.54) is 4.68 Å². The van der Waals surface area contributed by atoms with Gasteiger partial charge in [-0.05, 0) is 12.1 Å². The van der Waals surface area contributed by atoms with E-state index >= 15 is 0 Å². The molecule has 0 bridgehead atoms. The van der Waals surface area contributed by atoms with Gasteiger partial charge in [-0.15, -0.1) is 0 Å². The second kappa shape index (κ2) is 3.03. The van der Waals surface area contributed by atoms with Gasteiger partial charge in [0, 0.05) is 18.6 Å². The Labute approximate surface area is 74.3 Å². The first kappa shape index (κ1) is 7.43. The third-order valence-corrected chi connectivity index (χ3v) is 1.46. The van der Waals surface area contributed by atoms with E-state index in [9.17, 15) is 0 Å². The summed E-state index contributed by atoms with van der Waals surface area (Å²) >= 11 is 0. The largest absolute Gasteiger partial charge is 0.250 e. The van der Waals surface area contributed by atoms with Crippen LogP contribution in [0.25, 0.3) is 5.95 Å². The van der Waals surface area contributed by atoms with Crippen molar-refractivity contribution in [2.75, 3.05) is 0 Å². The van der Waals surface area contributed by atoms with E-state index in [1.54, 1.807) is 30.7 Å². The summed E-state index contributed by atoms with van der Waals surface area (Å²) in [6, 6.07) is 5.26. The van der Waals surface area contributed by atoms with Crippen LogP contribution in [0.15, 0.2) is 30.7 Å². The van der Waals surface area contributed by atoms with E-state index in [0.717, 1.165) is 0 Å². The number of nitriles is 1. The topological polar surface area (TPSA) is 67.4 Å². The number of nitrogens with zero attached hydrogens (tertiary/aromatic N) is 5. The first-order valence-corrected chi connectivity index (χ1v) is 3.63. The molecule has 0 spiro atoms. The molecule has 5 heteroatoms. The molecule has 2 heterocycles. The molecule has 0 amide bonds. The molecule has 0 radical (unpaired) electrons. The zero-order valence-corrected chi connectivity index (χ0v) is 6.62. The first-order valence-electron chi connectivity index (χ1n) is 3.63. The molecule has 0 unspecified atom stereocenters. The van der Waals surface area contributed by atoms with Gasteiger partial charge in [-0.25, -0.2) is 14.6 Å². The fourth-order valence-electron chi connectivity index (χ4n) is 0.904. The molecule has 13 heavy (non-hydrogen) atoms. The van der Waals surface area contributed by atoms with Crippen LogP contribution in [-0.2, 0) is 0 Å². The van der Waals surface area contributed by atoms with Crippen LogP contribution in [0.2, 0.25) is 0 Å². The van der Waals surface area contributed by atoms with Crippen molar-refractivity contribution >= 4 is 0 Å². The van der Waals surface area contributed by atoms with Gasteiger partial charge in [0.1, 0.15) is 6.07 Å². The van der Waals surface area contributed by atoms with Crippen LogP contribution in [-0.4, -0.2) is 19.7 Å². The molecule has 0 atom stereocenters. The fraction of sp³-hybridized carbons (Fsp3) is 0. The normalized spacial score (nSPS) is 9.46. The summed E-state index contributed by atoms with van der Waals surface area (Å²) in [4.78, 5) is 7.95. The highest BCUT2D eigenvalue weighted by atomic mass is 15.3. The summed E-state index contributed by atoms with van der Waals surface area (Å²) in [6.07, 6.45) is 4.89. The summed E-state index contributed by atoms with van der Waals surface area (Å²) in [5, 5.41) is 12.5. The van der Waals surface area contributed by atoms with Crippen molar-refractivity contribution in [1.82, 2.24) is 19.7 Å². The molecule has 0 aromatic carbocycles. The number of aromatic nitrogens is 4. The lowest BCUT2D eigenvalue weighted by Crippen LogP contribution is -2.00. The third kappa shape index (κ3) is 1.37. The van der Waals surface area contributed by atoms with Gasteiger partial charge in [0.25, 0.3) is 0 Å². The Morgan fingerprint density at radius 2 is 2.08 bits per heavy atom. The lowest BCUT2D eigenvalue weighted by molar-refractivity contribution is 0.803. The predicted octanol–water partition coefficient (Wildman–Crippen LogP) is 0.534. The SMILES string of the molecule is N#Cc1ccn(-c2ncccn2)n1. The quantitative estimate of drug-likeness (QED) is 0.627. The van der Waals surface area contributed by atoms with Gasteiger partial charge < -0.3 is 0 Å². The summed E-state index contributed by atoms with van der Waals surface area (Å²) in [5.74, 6) is 0.462. The van der Waals surface area contributed by atoms with Gasteiger partial charge in [0.05, 0.1) is 0 Å². The molecule has 0 fully saturated rings. The van der Waals surface area contributed by atoms with E-state index in [-0.39, 0.29) is 0 Å². The second-order valence-corrected chi connectivity index (χ2v) is 2.31. The zero-order chi connectivity index (χ0) is 9.10. The summed E-state index contributed by atoms with van der Waals surface area (Å²) in [6.45, 7) is 0. The Morgan fingerprint density at radius 3 is 2.69 bits per heavy atom. The predicted molar refractivity (Wildman–Crippen MR) is 43.9 cm³/mol. The van der Waals surface area contributed by atoms with Crippen molar-refractivity contribution in [2.45, 2.75) is 0 Å². The van der Waals surface area contributed by atoms with Crippen molar-refractivity contribution in [3.8, 4) is 12.0 Å². The molecule has 62 valence electrons. The average Bonchev–Trinajstić information content (AvgIpc) is 2.67. The van der Waals surface area contributed by atoms with Crippen LogP contribution in [0.3, 0.4) is 0 Å². The minimum Gasteiger partial charge on any atom is -0.220 e. The molecule has 0 aliphatic rings. The Bertz CT molecular complexity index is 439.